The van der Waals surface area contributed by atoms with Crippen LogP contribution in [0.4, 0.5) is 23.2 Å². The molecule has 0 aliphatic heterocycles. The summed E-state index contributed by atoms with van der Waals surface area (Å²) in [6.45, 7) is 0. The molecule has 2 heterocycles. The highest BCUT2D eigenvalue weighted by molar-refractivity contribution is 6.12. The smallest absolute Gasteiger partial charge is 0.259 e. The van der Waals surface area contributed by atoms with E-state index in [9.17, 15) is 22.4 Å². The van der Waals surface area contributed by atoms with Gasteiger partial charge >= 0.3 is 0 Å². The molecular weight excluding hydrogens is 446 g/mol. The summed E-state index contributed by atoms with van der Waals surface area (Å²) in [6.07, 6.45) is -0.271. The quantitative estimate of drug-likeness (QED) is 0.417. The Morgan fingerprint density at radius 3 is 2.76 bits per heavy atom. The van der Waals surface area contributed by atoms with Gasteiger partial charge in [-0.3, -0.25) is 4.79 Å². The maximum atomic E-state index is 14.5. The number of fused-ring (bicyclic) bond motifs is 1. The van der Waals surface area contributed by atoms with Gasteiger partial charge < -0.3 is 14.5 Å². The number of aromatic nitrogens is 4. The number of tetrazole rings is 1. The minimum absolute atomic E-state index is 0.0278. The molecule has 0 saturated heterocycles. The lowest BCUT2D eigenvalue weighted by Gasteiger charge is -2.15. The Hall–Kier alpha value is -3.96. The Balaban J connectivity index is 1.33. The minimum Gasteiger partial charge on any atom is -0.487 e. The fourth-order valence-corrected chi connectivity index (χ4v) is 3.74. The second-order valence-electron chi connectivity index (χ2n) is 7.67. The fourth-order valence-electron chi connectivity index (χ4n) is 3.74. The Morgan fingerprint density at radius 2 is 2.06 bits per heavy atom. The Morgan fingerprint density at radius 1 is 1.21 bits per heavy atom. The molecule has 0 bridgehead atoms. The van der Waals surface area contributed by atoms with Crippen molar-refractivity contribution in [2.45, 2.75) is 31.3 Å². The number of benzene rings is 2. The lowest BCUT2D eigenvalue weighted by atomic mass is 10.1. The van der Waals surface area contributed by atoms with Crippen molar-refractivity contribution in [1.82, 2.24) is 20.6 Å². The van der Waals surface area contributed by atoms with Crippen LogP contribution in [-0.2, 0) is 0 Å². The van der Waals surface area contributed by atoms with Gasteiger partial charge in [-0.25, -0.2) is 22.7 Å². The molecule has 2 N–H and O–H groups in total. The van der Waals surface area contributed by atoms with E-state index in [2.05, 4.69) is 25.9 Å². The number of halogens is 4. The molecule has 1 aliphatic rings. The standard InChI is InChI=1S/C21H15F4N5O3/c22-15-6-12-14(9-32-18(12)7-13(15)19-27-29-30-28-19)20(31)26-10-1-2-17(16(23)5-10)33-11-3-4-21(24,25)8-11/h1-2,5-7,9,11H,3-4,8H2,(H,26,31)(H,27,28,29,30)/t11-/m0/s1. The van der Waals surface area contributed by atoms with E-state index in [0.717, 1.165) is 18.4 Å². The van der Waals surface area contributed by atoms with Crippen LogP contribution < -0.4 is 10.1 Å². The highest BCUT2D eigenvalue weighted by Gasteiger charge is 2.40. The zero-order chi connectivity index (χ0) is 23.2. The molecule has 1 amide bonds. The number of furan rings is 1. The van der Waals surface area contributed by atoms with Crippen LogP contribution in [0.2, 0.25) is 0 Å². The second kappa shape index (κ2) is 7.87. The molecule has 1 saturated carbocycles. The van der Waals surface area contributed by atoms with Crippen LogP contribution in [0.1, 0.15) is 29.6 Å². The zero-order valence-corrected chi connectivity index (χ0v) is 16.7. The summed E-state index contributed by atoms with van der Waals surface area (Å²) >= 11 is 0. The van der Waals surface area contributed by atoms with Gasteiger partial charge in [-0.15, -0.1) is 5.10 Å². The average molecular weight is 461 g/mol. The number of nitrogens with zero attached hydrogens (tertiary/aromatic N) is 3. The number of amides is 1. The molecule has 2 aromatic heterocycles. The summed E-state index contributed by atoms with van der Waals surface area (Å²) < 4.78 is 66.3. The third-order valence-corrected chi connectivity index (χ3v) is 5.35. The molecule has 2 aromatic carbocycles. The third kappa shape index (κ3) is 4.11. The van der Waals surface area contributed by atoms with Crippen LogP contribution in [0.25, 0.3) is 22.4 Å². The molecule has 12 heteroatoms. The number of hydrogen-bond acceptors (Lipinski definition) is 6. The number of hydrogen-bond donors (Lipinski definition) is 2. The van der Waals surface area contributed by atoms with Gasteiger partial charge in [0.15, 0.2) is 17.4 Å². The molecule has 1 aliphatic carbocycles. The van der Waals surface area contributed by atoms with Crippen LogP contribution >= 0.6 is 0 Å². The predicted molar refractivity (Wildman–Crippen MR) is 107 cm³/mol. The highest BCUT2D eigenvalue weighted by atomic mass is 19.3. The molecule has 0 radical (unpaired) electrons. The van der Waals surface area contributed by atoms with Gasteiger partial charge in [0.2, 0.25) is 0 Å². The van der Waals surface area contributed by atoms with E-state index in [4.69, 9.17) is 9.15 Å². The van der Waals surface area contributed by atoms with E-state index in [1.54, 1.807) is 0 Å². The van der Waals surface area contributed by atoms with Crippen LogP contribution in [0.15, 0.2) is 41.0 Å². The molecule has 1 atom stereocenters. The monoisotopic (exact) mass is 461 g/mol. The predicted octanol–water partition coefficient (Wildman–Crippen LogP) is 4.71. The van der Waals surface area contributed by atoms with Crippen molar-refractivity contribution >= 4 is 22.6 Å². The Kier molecular flexibility index (Phi) is 4.99. The van der Waals surface area contributed by atoms with E-state index in [0.29, 0.717) is 0 Å². The Bertz CT molecular complexity index is 1340. The summed E-state index contributed by atoms with van der Waals surface area (Å²) in [7, 11) is 0. The third-order valence-electron chi connectivity index (χ3n) is 5.35. The summed E-state index contributed by atoms with van der Waals surface area (Å²) in [5.74, 6) is -5.05. The van der Waals surface area contributed by atoms with Gasteiger partial charge in [-0.2, -0.15) is 0 Å². The maximum Gasteiger partial charge on any atom is 0.259 e. The van der Waals surface area contributed by atoms with Gasteiger partial charge in [0.05, 0.1) is 11.1 Å². The normalized spacial score (nSPS) is 17.4. The highest BCUT2D eigenvalue weighted by Crippen LogP contribution is 2.37. The van der Waals surface area contributed by atoms with Crippen LogP contribution in [0, 0.1) is 11.6 Å². The number of carbonyl (C=O) groups is 1. The van der Waals surface area contributed by atoms with Crippen molar-refractivity contribution in [3.05, 3.63) is 53.8 Å². The van der Waals surface area contributed by atoms with Crippen molar-refractivity contribution < 1.29 is 31.5 Å². The zero-order valence-electron chi connectivity index (χ0n) is 16.7. The number of carbonyl (C=O) groups excluding carboxylic acids is 1. The minimum atomic E-state index is -2.81. The summed E-state index contributed by atoms with van der Waals surface area (Å²) in [6, 6.07) is 6.11. The van der Waals surface area contributed by atoms with Crippen LogP contribution in [-0.4, -0.2) is 38.6 Å². The number of ether oxygens (including phenoxy) is 1. The first kappa shape index (κ1) is 20.9. The summed E-state index contributed by atoms with van der Waals surface area (Å²) in [5.41, 5.74) is 0.406. The molecule has 0 unspecified atom stereocenters. The summed E-state index contributed by atoms with van der Waals surface area (Å²) in [4.78, 5) is 12.7. The molecule has 4 aromatic rings. The van der Waals surface area contributed by atoms with Crippen molar-refractivity contribution in [1.29, 1.82) is 0 Å². The topological polar surface area (TPSA) is 106 Å². The second-order valence-corrected chi connectivity index (χ2v) is 7.67. The number of anilines is 1. The number of H-pyrrole nitrogens is 1. The maximum absolute atomic E-state index is 14.5. The molecule has 8 nitrogen and oxygen atoms in total. The first-order valence-electron chi connectivity index (χ1n) is 9.89. The molecule has 0 spiro atoms. The van der Waals surface area contributed by atoms with E-state index in [1.165, 1.54) is 18.2 Å². The van der Waals surface area contributed by atoms with E-state index < -0.39 is 36.0 Å². The first-order valence-corrected chi connectivity index (χ1v) is 9.89. The lowest BCUT2D eigenvalue weighted by Crippen LogP contribution is -2.17. The van der Waals surface area contributed by atoms with Gasteiger partial charge in [0, 0.05) is 30.0 Å². The van der Waals surface area contributed by atoms with Crippen molar-refractivity contribution in [2.24, 2.45) is 0 Å². The lowest BCUT2D eigenvalue weighted by molar-refractivity contribution is -0.00136. The number of rotatable bonds is 5. The van der Waals surface area contributed by atoms with Gasteiger partial charge in [-0.1, -0.05) is 0 Å². The Labute approximate surface area is 182 Å². The average Bonchev–Trinajstić information content (AvgIpc) is 3.49. The van der Waals surface area contributed by atoms with E-state index in [-0.39, 0.29) is 52.2 Å². The number of aromatic amines is 1. The molecular formula is C21H15F4N5O3. The molecule has 170 valence electrons. The SMILES string of the molecule is O=C(Nc1ccc(O[C@H]2CCC(F)(F)C2)c(F)c1)c1coc2cc(-c3nnn[nH]3)c(F)cc12. The van der Waals surface area contributed by atoms with E-state index in [1.807, 2.05) is 0 Å². The molecule has 5 rings (SSSR count). The van der Waals surface area contributed by atoms with Crippen LogP contribution in [0.5, 0.6) is 5.75 Å². The van der Waals surface area contributed by atoms with E-state index >= 15 is 0 Å². The van der Waals surface area contributed by atoms with Gasteiger partial charge in [-0.05, 0) is 41.1 Å². The molecule has 33 heavy (non-hydrogen) atoms. The van der Waals surface area contributed by atoms with Crippen molar-refractivity contribution in [2.75, 3.05) is 5.32 Å². The fraction of sp³-hybridized carbons (Fsp3) is 0.238. The number of alkyl halides is 2. The molecule has 1 fully saturated rings. The number of nitrogens with one attached hydrogen (secondary N) is 2. The summed E-state index contributed by atoms with van der Waals surface area (Å²) in [5, 5.41) is 15.6. The van der Waals surface area contributed by atoms with Crippen molar-refractivity contribution in [3.8, 4) is 17.1 Å². The largest absolute Gasteiger partial charge is 0.487 e. The van der Waals surface area contributed by atoms with Gasteiger partial charge in [0.25, 0.3) is 11.8 Å². The van der Waals surface area contributed by atoms with Crippen LogP contribution in [0.3, 0.4) is 0 Å². The van der Waals surface area contributed by atoms with Crippen molar-refractivity contribution in [3.63, 3.8) is 0 Å². The first-order chi connectivity index (χ1) is 15.8. The van der Waals surface area contributed by atoms with Gasteiger partial charge in [0.1, 0.15) is 23.8 Å².